The highest BCUT2D eigenvalue weighted by Crippen LogP contribution is 2.39. The number of hydrogen-bond acceptors (Lipinski definition) is 3. The van der Waals surface area contributed by atoms with Crippen LogP contribution in [0.3, 0.4) is 0 Å². The molecule has 0 fully saturated rings. The van der Waals surface area contributed by atoms with Crippen molar-refractivity contribution in [2.24, 2.45) is 7.05 Å². The zero-order chi connectivity index (χ0) is 17.6. The van der Waals surface area contributed by atoms with Crippen LogP contribution in [0.15, 0.2) is 42.6 Å². The number of carbonyl (C=O) groups excluding carboxylic acids is 1. The molecule has 1 amide bonds. The maximum Gasteiger partial charge on any atom is 0.226 e. The minimum atomic E-state index is -0.0527. The van der Waals surface area contributed by atoms with E-state index >= 15 is 0 Å². The maximum absolute atomic E-state index is 12.2. The Bertz CT molecular complexity index is 1000. The highest BCUT2D eigenvalue weighted by molar-refractivity contribution is 5.94. The van der Waals surface area contributed by atoms with Gasteiger partial charge in [-0.25, -0.2) is 0 Å². The van der Waals surface area contributed by atoms with Crippen LogP contribution in [-0.2, 0) is 11.8 Å². The predicted molar refractivity (Wildman–Crippen MR) is 93.5 cm³/mol. The Morgan fingerprint density at radius 2 is 2.04 bits per heavy atom. The van der Waals surface area contributed by atoms with E-state index in [2.05, 4.69) is 21.1 Å². The van der Waals surface area contributed by atoms with Gasteiger partial charge < -0.3 is 9.88 Å². The fourth-order valence-corrected chi connectivity index (χ4v) is 3.57. The van der Waals surface area contributed by atoms with Crippen molar-refractivity contribution >= 4 is 11.7 Å². The average molecular weight is 331 g/mol. The summed E-state index contributed by atoms with van der Waals surface area (Å²) in [5.74, 6) is 0.711. The molecule has 3 aromatic rings. The van der Waals surface area contributed by atoms with Crippen molar-refractivity contribution in [3.63, 3.8) is 0 Å². The molecule has 0 bridgehead atoms. The molecule has 3 heterocycles. The largest absolute Gasteiger partial charge is 0.320 e. The summed E-state index contributed by atoms with van der Waals surface area (Å²) in [7, 11) is 1.84. The summed E-state index contributed by atoms with van der Waals surface area (Å²) in [6.45, 7) is 1.97. The molecule has 1 aliphatic heterocycles. The van der Waals surface area contributed by atoms with Crippen molar-refractivity contribution in [1.82, 2.24) is 14.3 Å². The molecule has 4 rings (SSSR count). The van der Waals surface area contributed by atoms with Gasteiger partial charge in [-0.15, -0.1) is 0 Å². The Kier molecular flexibility index (Phi) is 3.43. The standard InChI is InChI=1S/C19H17N5O/c1-12-18-15(10-17(25)21-19(18)23(2)22-12)16-4-3-9-24(16)14-7-5-13(11-20)6-8-14/h3-9,15H,10H2,1-2H3,(H,21,25). The van der Waals surface area contributed by atoms with E-state index in [4.69, 9.17) is 5.26 Å². The van der Waals surface area contributed by atoms with E-state index in [1.54, 1.807) is 16.8 Å². The van der Waals surface area contributed by atoms with Gasteiger partial charge in [-0.2, -0.15) is 10.4 Å². The summed E-state index contributed by atoms with van der Waals surface area (Å²) in [5.41, 5.74) is 4.62. The normalized spacial score (nSPS) is 16.2. The average Bonchev–Trinajstić information content (AvgIpc) is 3.20. The molecular formula is C19H17N5O. The van der Waals surface area contributed by atoms with E-state index in [1.165, 1.54) is 0 Å². The first-order valence-corrected chi connectivity index (χ1v) is 8.09. The minimum absolute atomic E-state index is 0.00641. The van der Waals surface area contributed by atoms with Crippen molar-refractivity contribution in [2.75, 3.05) is 5.32 Å². The van der Waals surface area contributed by atoms with Gasteiger partial charge in [0.05, 0.1) is 17.3 Å². The number of fused-ring (bicyclic) bond motifs is 1. The smallest absolute Gasteiger partial charge is 0.226 e. The van der Waals surface area contributed by atoms with Crippen LogP contribution in [0.1, 0.15) is 34.9 Å². The highest BCUT2D eigenvalue weighted by atomic mass is 16.1. The molecule has 2 aromatic heterocycles. The Labute approximate surface area is 145 Å². The lowest BCUT2D eigenvalue weighted by Crippen LogP contribution is -2.25. The molecule has 124 valence electrons. The summed E-state index contributed by atoms with van der Waals surface area (Å²) in [6.07, 6.45) is 2.37. The molecule has 1 N–H and O–H groups in total. The van der Waals surface area contributed by atoms with Gasteiger partial charge in [-0.05, 0) is 43.3 Å². The molecular weight excluding hydrogens is 314 g/mol. The molecule has 25 heavy (non-hydrogen) atoms. The molecule has 0 radical (unpaired) electrons. The van der Waals surface area contributed by atoms with Crippen LogP contribution >= 0.6 is 0 Å². The fourth-order valence-electron chi connectivity index (χ4n) is 3.57. The SMILES string of the molecule is Cc1nn(C)c2c1C(c1cccn1-c1ccc(C#N)cc1)CC(=O)N2. The lowest BCUT2D eigenvalue weighted by atomic mass is 9.89. The summed E-state index contributed by atoms with van der Waals surface area (Å²) in [4.78, 5) is 12.2. The van der Waals surface area contributed by atoms with Crippen LogP contribution in [0.2, 0.25) is 0 Å². The van der Waals surface area contributed by atoms with E-state index in [0.717, 1.165) is 28.5 Å². The number of rotatable bonds is 2. The van der Waals surface area contributed by atoms with E-state index in [0.29, 0.717) is 12.0 Å². The third-order valence-corrected chi connectivity index (χ3v) is 4.68. The topological polar surface area (TPSA) is 75.6 Å². The Morgan fingerprint density at radius 1 is 1.28 bits per heavy atom. The molecule has 1 unspecified atom stereocenters. The number of amides is 1. The highest BCUT2D eigenvalue weighted by Gasteiger charge is 2.33. The van der Waals surface area contributed by atoms with Crippen LogP contribution in [0.5, 0.6) is 0 Å². The lowest BCUT2D eigenvalue weighted by molar-refractivity contribution is -0.116. The van der Waals surface area contributed by atoms with Gasteiger partial charge in [0.25, 0.3) is 0 Å². The zero-order valence-corrected chi connectivity index (χ0v) is 14.0. The minimum Gasteiger partial charge on any atom is -0.320 e. The van der Waals surface area contributed by atoms with Gasteiger partial charge >= 0.3 is 0 Å². The number of hydrogen-bond donors (Lipinski definition) is 1. The number of carbonyl (C=O) groups is 1. The predicted octanol–water partition coefficient (Wildman–Crippen LogP) is 2.87. The van der Waals surface area contributed by atoms with E-state index in [-0.39, 0.29) is 11.8 Å². The van der Waals surface area contributed by atoms with Crippen molar-refractivity contribution in [3.8, 4) is 11.8 Å². The monoisotopic (exact) mass is 331 g/mol. The van der Waals surface area contributed by atoms with Crippen molar-refractivity contribution in [2.45, 2.75) is 19.3 Å². The van der Waals surface area contributed by atoms with Crippen LogP contribution < -0.4 is 5.32 Å². The van der Waals surface area contributed by atoms with Crippen LogP contribution in [0.25, 0.3) is 5.69 Å². The van der Waals surface area contributed by atoms with Crippen LogP contribution in [0.4, 0.5) is 5.82 Å². The molecule has 6 heteroatoms. The summed E-state index contributed by atoms with van der Waals surface area (Å²) in [6, 6.07) is 13.6. The van der Waals surface area contributed by atoms with Crippen LogP contribution in [0, 0.1) is 18.3 Å². The number of aromatic nitrogens is 3. The first-order chi connectivity index (χ1) is 12.1. The molecule has 0 aliphatic carbocycles. The van der Waals surface area contributed by atoms with Gasteiger partial charge in [0.1, 0.15) is 5.82 Å². The summed E-state index contributed by atoms with van der Waals surface area (Å²) < 4.78 is 3.80. The third kappa shape index (κ3) is 2.41. The van der Waals surface area contributed by atoms with Gasteiger partial charge in [-0.3, -0.25) is 9.48 Å². The van der Waals surface area contributed by atoms with E-state index < -0.39 is 0 Å². The number of nitrogens with one attached hydrogen (secondary N) is 1. The molecule has 1 atom stereocenters. The second-order valence-corrected chi connectivity index (χ2v) is 6.24. The van der Waals surface area contributed by atoms with Crippen molar-refractivity contribution < 1.29 is 4.79 Å². The molecule has 6 nitrogen and oxygen atoms in total. The molecule has 0 spiro atoms. The first kappa shape index (κ1) is 15.2. The molecule has 0 saturated carbocycles. The number of aryl methyl sites for hydroxylation is 2. The summed E-state index contributed by atoms with van der Waals surface area (Å²) >= 11 is 0. The van der Waals surface area contributed by atoms with Crippen LogP contribution in [-0.4, -0.2) is 20.3 Å². The van der Waals surface area contributed by atoms with Crippen molar-refractivity contribution in [3.05, 3.63) is 65.1 Å². The molecule has 1 aliphatic rings. The maximum atomic E-state index is 12.2. The zero-order valence-electron chi connectivity index (χ0n) is 14.0. The third-order valence-electron chi connectivity index (χ3n) is 4.68. The second kappa shape index (κ2) is 5.64. The molecule has 1 aromatic carbocycles. The Hall–Kier alpha value is -3.33. The number of benzene rings is 1. The van der Waals surface area contributed by atoms with Crippen molar-refractivity contribution in [1.29, 1.82) is 5.26 Å². The summed E-state index contributed by atoms with van der Waals surface area (Å²) in [5, 5.41) is 16.4. The first-order valence-electron chi connectivity index (χ1n) is 8.09. The van der Waals surface area contributed by atoms with E-state index in [9.17, 15) is 4.79 Å². The molecule has 0 saturated heterocycles. The lowest BCUT2D eigenvalue weighted by Gasteiger charge is -2.25. The van der Waals surface area contributed by atoms with Gasteiger partial charge in [0, 0.05) is 42.5 Å². The second-order valence-electron chi connectivity index (χ2n) is 6.24. The fraction of sp³-hybridized carbons (Fsp3) is 0.211. The number of nitriles is 1. The number of anilines is 1. The quantitative estimate of drug-likeness (QED) is 0.784. The van der Waals surface area contributed by atoms with Gasteiger partial charge in [0.15, 0.2) is 0 Å². The van der Waals surface area contributed by atoms with E-state index in [1.807, 2.05) is 44.4 Å². The Balaban J connectivity index is 1.83. The van der Waals surface area contributed by atoms with Gasteiger partial charge in [0.2, 0.25) is 5.91 Å². The van der Waals surface area contributed by atoms with Gasteiger partial charge in [-0.1, -0.05) is 0 Å². The Morgan fingerprint density at radius 3 is 2.76 bits per heavy atom. The number of nitrogens with zero attached hydrogens (tertiary/aromatic N) is 4.